The van der Waals surface area contributed by atoms with Crippen LogP contribution in [0.3, 0.4) is 0 Å². The monoisotopic (exact) mass is 358 g/mol. The van der Waals surface area contributed by atoms with Crippen molar-refractivity contribution >= 4 is 22.4 Å². The van der Waals surface area contributed by atoms with E-state index in [0.717, 1.165) is 66.2 Å². The van der Waals surface area contributed by atoms with Gasteiger partial charge in [0.1, 0.15) is 11.5 Å². The van der Waals surface area contributed by atoms with E-state index < -0.39 is 0 Å². The van der Waals surface area contributed by atoms with Crippen molar-refractivity contribution in [3.63, 3.8) is 0 Å². The molecule has 0 unspecified atom stereocenters. The highest BCUT2D eigenvalue weighted by Crippen LogP contribution is 2.30. The van der Waals surface area contributed by atoms with Crippen LogP contribution in [0, 0.1) is 0 Å². The van der Waals surface area contributed by atoms with Gasteiger partial charge in [0, 0.05) is 30.6 Å². The summed E-state index contributed by atoms with van der Waals surface area (Å²) in [6.07, 6.45) is 1.14. The van der Waals surface area contributed by atoms with Gasteiger partial charge in [-0.25, -0.2) is 4.98 Å². The lowest BCUT2D eigenvalue weighted by molar-refractivity contribution is 0.360. The van der Waals surface area contributed by atoms with Crippen molar-refractivity contribution in [3.05, 3.63) is 54.6 Å². The smallest absolute Gasteiger partial charge is 0.186 e. The van der Waals surface area contributed by atoms with Crippen molar-refractivity contribution in [2.75, 3.05) is 38.1 Å². The molecule has 1 saturated heterocycles. The maximum atomic E-state index is 5.08. The third-order valence-corrected chi connectivity index (χ3v) is 5.30. The fraction of sp³-hybridized carbons (Fsp3) is 0.286. The molecule has 1 aliphatic heterocycles. The Morgan fingerprint density at radius 3 is 2.56 bits per heavy atom. The summed E-state index contributed by atoms with van der Waals surface area (Å²) < 4.78 is 1.87. The van der Waals surface area contributed by atoms with Crippen LogP contribution in [0.15, 0.2) is 54.6 Å². The molecule has 0 amide bonds. The molecule has 2 aromatic heterocycles. The van der Waals surface area contributed by atoms with Crippen LogP contribution in [-0.2, 0) is 0 Å². The van der Waals surface area contributed by atoms with Crippen molar-refractivity contribution < 1.29 is 0 Å². The van der Waals surface area contributed by atoms with E-state index in [1.165, 1.54) is 0 Å². The summed E-state index contributed by atoms with van der Waals surface area (Å²) in [5.41, 5.74) is 3.73. The van der Waals surface area contributed by atoms with E-state index in [4.69, 9.17) is 4.98 Å². The zero-order chi connectivity index (χ0) is 18.2. The van der Waals surface area contributed by atoms with Gasteiger partial charge in [0.2, 0.25) is 0 Å². The van der Waals surface area contributed by atoms with Crippen molar-refractivity contribution in [3.8, 4) is 11.3 Å². The predicted octanol–water partition coefficient (Wildman–Crippen LogP) is 3.09. The third kappa shape index (κ3) is 2.82. The molecule has 0 spiro atoms. The van der Waals surface area contributed by atoms with Gasteiger partial charge in [-0.15, -0.1) is 5.10 Å². The second-order valence-corrected chi connectivity index (χ2v) is 7.14. The first-order valence-corrected chi connectivity index (χ1v) is 9.44. The van der Waals surface area contributed by atoms with Gasteiger partial charge in [-0.3, -0.25) is 0 Å². The summed E-state index contributed by atoms with van der Waals surface area (Å²) in [5.74, 6) is 1.04. The molecule has 0 saturated carbocycles. The maximum absolute atomic E-state index is 5.08. The molecule has 2 aromatic carbocycles. The molecule has 5 rings (SSSR count). The molecule has 0 radical (unpaired) electrons. The topological polar surface area (TPSA) is 49.6 Å². The first kappa shape index (κ1) is 16.2. The average Bonchev–Trinajstić information content (AvgIpc) is 3.03. The van der Waals surface area contributed by atoms with Gasteiger partial charge >= 0.3 is 0 Å². The fourth-order valence-electron chi connectivity index (χ4n) is 3.83. The number of hydrogen-bond donors (Lipinski definition) is 0. The number of para-hydroxylation sites is 1. The Hall–Kier alpha value is -2.99. The van der Waals surface area contributed by atoms with Crippen LogP contribution < -0.4 is 4.90 Å². The van der Waals surface area contributed by atoms with E-state index in [2.05, 4.69) is 57.5 Å². The van der Waals surface area contributed by atoms with Gasteiger partial charge in [0.05, 0.1) is 5.52 Å². The summed E-state index contributed by atoms with van der Waals surface area (Å²) in [6, 6.07) is 18.5. The van der Waals surface area contributed by atoms with Crippen LogP contribution in [0.25, 0.3) is 27.8 Å². The molecule has 0 N–H and O–H groups in total. The Bertz CT molecular complexity index is 1090. The van der Waals surface area contributed by atoms with Crippen molar-refractivity contribution in [1.29, 1.82) is 0 Å². The van der Waals surface area contributed by atoms with Gasteiger partial charge < -0.3 is 9.80 Å². The molecule has 6 nitrogen and oxygen atoms in total. The van der Waals surface area contributed by atoms with E-state index in [9.17, 15) is 0 Å². The molecule has 4 aromatic rings. The molecule has 3 heterocycles. The first-order chi connectivity index (χ1) is 13.3. The summed E-state index contributed by atoms with van der Waals surface area (Å²) in [4.78, 5) is 9.87. The number of aromatic nitrogens is 4. The fourth-order valence-corrected chi connectivity index (χ4v) is 3.83. The number of anilines is 1. The lowest BCUT2D eigenvalue weighted by Gasteiger charge is -2.23. The van der Waals surface area contributed by atoms with Crippen molar-refractivity contribution in [1.82, 2.24) is 24.7 Å². The number of fused-ring (bicyclic) bond motifs is 3. The summed E-state index contributed by atoms with van der Waals surface area (Å²) in [5, 5.41) is 10.00. The van der Waals surface area contributed by atoms with Gasteiger partial charge in [0.15, 0.2) is 5.65 Å². The molecule has 27 heavy (non-hydrogen) atoms. The number of rotatable bonds is 2. The van der Waals surface area contributed by atoms with Crippen LogP contribution in [0.5, 0.6) is 0 Å². The number of nitrogens with zero attached hydrogens (tertiary/aromatic N) is 6. The van der Waals surface area contributed by atoms with Gasteiger partial charge in [-0.1, -0.05) is 47.7 Å². The number of likely N-dealkylation sites (N-methyl/N-ethyl adjacent to an activating group) is 1. The van der Waals surface area contributed by atoms with Crippen molar-refractivity contribution in [2.24, 2.45) is 0 Å². The van der Waals surface area contributed by atoms with Gasteiger partial charge in [0.25, 0.3) is 0 Å². The Labute approximate surface area is 158 Å². The van der Waals surface area contributed by atoms with Gasteiger partial charge in [-0.2, -0.15) is 4.52 Å². The van der Waals surface area contributed by atoms with E-state index in [-0.39, 0.29) is 0 Å². The standard InChI is InChI=1S/C21H22N6/c1-25-12-7-13-26(15-14-25)20-17-10-5-6-11-18(17)27-21(22-20)19(23-24-27)16-8-3-2-4-9-16/h2-6,8-11H,7,12-15H2,1H3. The minimum absolute atomic E-state index is 0.813. The van der Waals surface area contributed by atoms with Gasteiger partial charge in [-0.05, 0) is 32.1 Å². The molecular formula is C21H22N6. The summed E-state index contributed by atoms with van der Waals surface area (Å²) >= 11 is 0. The Morgan fingerprint density at radius 1 is 0.852 bits per heavy atom. The molecule has 6 heteroatoms. The highest BCUT2D eigenvalue weighted by atomic mass is 15.4. The van der Waals surface area contributed by atoms with E-state index >= 15 is 0 Å². The second-order valence-electron chi connectivity index (χ2n) is 7.14. The molecule has 0 atom stereocenters. The summed E-state index contributed by atoms with van der Waals surface area (Å²) in [6.45, 7) is 4.16. The largest absolute Gasteiger partial charge is 0.355 e. The minimum Gasteiger partial charge on any atom is -0.355 e. The molecule has 136 valence electrons. The van der Waals surface area contributed by atoms with E-state index in [1.54, 1.807) is 0 Å². The lowest BCUT2D eigenvalue weighted by Crippen LogP contribution is -2.29. The molecule has 0 bridgehead atoms. The quantitative estimate of drug-likeness (QED) is 0.551. The molecule has 0 aliphatic carbocycles. The normalized spacial score (nSPS) is 16.1. The molecule has 1 fully saturated rings. The Balaban J connectivity index is 1.73. The minimum atomic E-state index is 0.813. The van der Waals surface area contributed by atoms with E-state index in [1.807, 2.05) is 28.8 Å². The first-order valence-electron chi connectivity index (χ1n) is 9.44. The maximum Gasteiger partial charge on any atom is 0.186 e. The Kier molecular flexibility index (Phi) is 3.98. The number of benzene rings is 2. The van der Waals surface area contributed by atoms with Crippen LogP contribution in [-0.4, -0.2) is 57.9 Å². The third-order valence-electron chi connectivity index (χ3n) is 5.30. The second kappa shape index (κ2) is 6.63. The highest BCUT2D eigenvalue weighted by molar-refractivity contribution is 5.93. The van der Waals surface area contributed by atoms with Crippen molar-refractivity contribution in [2.45, 2.75) is 6.42 Å². The van der Waals surface area contributed by atoms with Crippen LogP contribution >= 0.6 is 0 Å². The van der Waals surface area contributed by atoms with Crippen LogP contribution in [0.1, 0.15) is 6.42 Å². The lowest BCUT2D eigenvalue weighted by atomic mass is 10.1. The molecular weight excluding hydrogens is 336 g/mol. The zero-order valence-corrected chi connectivity index (χ0v) is 15.4. The predicted molar refractivity (Wildman–Crippen MR) is 108 cm³/mol. The SMILES string of the molecule is CN1CCCN(c2nc3c(-c4ccccc4)nnn3c3ccccc23)CC1. The molecule has 1 aliphatic rings. The summed E-state index contributed by atoms with van der Waals surface area (Å²) in [7, 11) is 2.19. The van der Waals surface area contributed by atoms with Crippen LogP contribution in [0.4, 0.5) is 5.82 Å². The highest BCUT2D eigenvalue weighted by Gasteiger charge is 2.20. The number of hydrogen-bond acceptors (Lipinski definition) is 5. The Morgan fingerprint density at radius 2 is 1.67 bits per heavy atom. The zero-order valence-electron chi connectivity index (χ0n) is 15.4. The van der Waals surface area contributed by atoms with E-state index in [0.29, 0.717) is 0 Å². The van der Waals surface area contributed by atoms with Crippen LogP contribution in [0.2, 0.25) is 0 Å². The average molecular weight is 358 g/mol.